The molecule has 31 heavy (non-hydrogen) atoms. The second-order valence-electron chi connectivity index (χ2n) is 8.31. The van der Waals surface area contributed by atoms with Crippen molar-refractivity contribution in [3.8, 4) is 0 Å². The third-order valence-corrected chi connectivity index (χ3v) is 5.61. The monoisotopic (exact) mass is 423 g/mol. The van der Waals surface area contributed by atoms with Gasteiger partial charge in [-0.3, -0.25) is 14.5 Å². The molecule has 2 unspecified atom stereocenters. The summed E-state index contributed by atoms with van der Waals surface area (Å²) >= 11 is 0. The van der Waals surface area contributed by atoms with Crippen molar-refractivity contribution in [2.24, 2.45) is 0 Å². The topological polar surface area (TPSA) is 70.7 Å². The fourth-order valence-corrected chi connectivity index (χ4v) is 3.81. The number of carbonyl (C=O) groups is 2. The van der Waals surface area contributed by atoms with Crippen molar-refractivity contribution in [2.75, 3.05) is 32.8 Å². The van der Waals surface area contributed by atoms with E-state index >= 15 is 0 Å². The van der Waals surface area contributed by atoms with Gasteiger partial charge in [0.2, 0.25) is 11.8 Å². The van der Waals surface area contributed by atoms with Crippen LogP contribution in [0.2, 0.25) is 0 Å². The Bertz CT molecular complexity index is 859. The molecule has 0 saturated carbocycles. The Morgan fingerprint density at radius 3 is 1.90 bits per heavy atom. The molecule has 0 aromatic heterocycles. The molecule has 1 aliphatic rings. The molecule has 1 aliphatic heterocycles. The lowest BCUT2D eigenvalue weighted by molar-refractivity contribution is -0.123. The number of hydrogen-bond donors (Lipinski definition) is 2. The molecule has 2 aromatic rings. The summed E-state index contributed by atoms with van der Waals surface area (Å²) in [6, 6.07) is 15.7. The van der Waals surface area contributed by atoms with Gasteiger partial charge in [0.25, 0.3) is 0 Å². The van der Waals surface area contributed by atoms with Gasteiger partial charge in [-0.05, 0) is 25.0 Å². The first-order valence-corrected chi connectivity index (χ1v) is 10.9. The van der Waals surface area contributed by atoms with Gasteiger partial charge in [0, 0.05) is 26.6 Å². The van der Waals surface area contributed by atoms with E-state index in [1.54, 1.807) is 0 Å². The predicted octanol–water partition coefficient (Wildman–Crippen LogP) is 3.06. The van der Waals surface area contributed by atoms with E-state index in [1.165, 1.54) is 12.5 Å². The Balaban J connectivity index is 1.73. The Hall–Kier alpha value is -2.70. The van der Waals surface area contributed by atoms with Crippen LogP contribution in [0.1, 0.15) is 47.7 Å². The maximum absolute atomic E-state index is 13.1. The van der Waals surface area contributed by atoms with Gasteiger partial charge in [0.15, 0.2) is 0 Å². The van der Waals surface area contributed by atoms with Gasteiger partial charge >= 0.3 is 0 Å². The first-order valence-electron chi connectivity index (χ1n) is 10.9. The molecule has 1 fully saturated rings. The standard InChI is InChI=1S/C25H33N3O3/c1-18-4-8-21(9-5-18)23(26-20(3)29)16-25(30)27-24(17-28-12-14-31-15-13-28)22-10-6-19(2)7-11-22/h4-11,23-24H,12-17H2,1-3H3,(H,26,29)(H,27,30). The summed E-state index contributed by atoms with van der Waals surface area (Å²) in [7, 11) is 0. The second-order valence-corrected chi connectivity index (χ2v) is 8.31. The summed E-state index contributed by atoms with van der Waals surface area (Å²) in [5.74, 6) is -0.236. The lowest BCUT2D eigenvalue weighted by Crippen LogP contribution is -2.43. The minimum absolute atomic E-state index is 0.0850. The van der Waals surface area contributed by atoms with E-state index < -0.39 is 0 Å². The Morgan fingerprint density at radius 2 is 1.39 bits per heavy atom. The lowest BCUT2D eigenvalue weighted by Gasteiger charge is -2.31. The molecule has 1 heterocycles. The van der Waals surface area contributed by atoms with E-state index in [9.17, 15) is 9.59 Å². The maximum Gasteiger partial charge on any atom is 0.222 e. The molecule has 0 spiro atoms. The molecule has 166 valence electrons. The van der Waals surface area contributed by atoms with Crippen molar-refractivity contribution in [3.05, 3.63) is 70.8 Å². The molecule has 2 aromatic carbocycles. The maximum atomic E-state index is 13.1. The van der Waals surface area contributed by atoms with Crippen molar-refractivity contribution in [2.45, 2.75) is 39.3 Å². The molecule has 1 saturated heterocycles. The molecule has 0 aliphatic carbocycles. The van der Waals surface area contributed by atoms with E-state index in [0.29, 0.717) is 13.2 Å². The van der Waals surface area contributed by atoms with E-state index in [2.05, 4.69) is 46.7 Å². The van der Waals surface area contributed by atoms with Crippen LogP contribution in [0.15, 0.2) is 48.5 Å². The van der Waals surface area contributed by atoms with Crippen LogP contribution in [0.25, 0.3) is 0 Å². The van der Waals surface area contributed by atoms with Crippen molar-refractivity contribution >= 4 is 11.8 Å². The second kappa shape index (κ2) is 11.1. The van der Waals surface area contributed by atoms with E-state index in [0.717, 1.165) is 36.3 Å². The van der Waals surface area contributed by atoms with Gasteiger partial charge in [0.05, 0.1) is 31.7 Å². The van der Waals surface area contributed by atoms with Crippen LogP contribution in [0.3, 0.4) is 0 Å². The molecule has 3 rings (SSSR count). The molecule has 6 nitrogen and oxygen atoms in total. The highest BCUT2D eigenvalue weighted by Crippen LogP contribution is 2.20. The summed E-state index contributed by atoms with van der Waals surface area (Å²) in [4.78, 5) is 27.1. The molecular weight excluding hydrogens is 390 g/mol. The van der Waals surface area contributed by atoms with Crippen molar-refractivity contribution in [1.82, 2.24) is 15.5 Å². The first kappa shape index (κ1) is 23.0. The Labute approximate surface area is 185 Å². The van der Waals surface area contributed by atoms with E-state index in [4.69, 9.17) is 4.74 Å². The van der Waals surface area contributed by atoms with Crippen LogP contribution in [-0.4, -0.2) is 49.6 Å². The molecule has 0 bridgehead atoms. The summed E-state index contributed by atoms with van der Waals surface area (Å²) in [5, 5.41) is 6.13. The number of rotatable bonds is 8. The number of morpholine rings is 1. The zero-order chi connectivity index (χ0) is 22.2. The van der Waals surface area contributed by atoms with Gasteiger partial charge in [-0.1, -0.05) is 59.7 Å². The number of nitrogens with zero attached hydrogens (tertiary/aromatic N) is 1. The van der Waals surface area contributed by atoms with Crippen LogP contribution >= 0.6 is 0 Å². The van der Waals surface area contributed by atoms with Gasteiger partial charge < -0.3 is 15.4 Å². The minimum Gasteiger partial charge on any atom is -0.379 e. The number of aryl methyl sites for hydroxylation is 2. The van der Waals surface area contributed by atoms with Gasteiger partial charge in [-0.15, -0.1) is 0 Å². The predicted molar refractivity (Wildman–Crippen MR) is 122 cm³/mol. The smallest absolute Gasteiger partial charge is 0.222 e. The fraction of sp³-hybridized carbons (Fsp3) is 0.440. The van der Waals surface area contributed by atoms with Crippen LogP contribution < -0.4 is 10.6 Å². The van der Waals surface area contributed by atoms with Crippen LogP contribution in [0, 0.1) is 13.8 Å². The number of nitrogens with one attached hydrogen (secondary N) is 2. The quantitative estimate of drug-likeness (QED) is 0.685. The summed E-state index contributed by atoms with van der Waals surface area (Å²) < 4.78 is 5.46. The highest BCUT2D eigenvalue weighted by molar-refractivity contribution is 5.79. The van der Waals surface area contributed by atoms with Crippen molar-refractivity contribution in [1.29, 1.82) is 0 Å². The van der Waals surface area contributed by atoms with Gasteiger partial charge in [-0.2, -0.15) is 0 Å². The average Bonchev–Trinajstić information content (AvgIpc) is 2.74. The third kappa shape index (κ3) is 7.19. The summed E-state index contributed by atoms with van der Waals surface area (Å²) in [6.07, 6.45) is 0.189. The molecule has 2 N–H and O–H groups in total. The lowest BCUT2D eigenvalue weighted by atomic mass is 10.0. The van der Waals surface area contributed by atoms with E-state index in [-0.39, 0.29) is 30.3 Å². The molecular formula is C25H33N3O3. The average molecular weight is 424 g/mol. The fourth-order valence-electron chi connectivity index (χ4n) is 3.81. The molecule has 0 radical (unpaired) electrons. The van der Waals surface area contributed by atoms with Crippen LogP contribution in [0.4, 0.5) is 0 Å². The van der Waals surface area contributed by atoms with Crippen LogP contribution in [-0.2, 0) is 14.3 Å². The van der Waals surface area contributed by atoms with Gasteiger partial charge in [0.1, 0.15) is 0 Å². The summed E-state index contributed by atoms with van der Waals surface area (Å²) in [5.41, 5.74) is 4.33. The number of amides is 2. The highest BCUT2D eigenvalue weighted by Gasteiger charge is 2.23. The van der Waals surface area contributed by atoms with Gasteiger partial charge in [-0.25, -0.2) is 0 Å². The first-order chi connectivity index (χ1) is 14.9. The number of ether oxygens (including phenoxy) is 1. The SMILES string of the molecule is CC(=O)NC(CC(=O)NC(CN1CCOCC1)c1ccc(C)cc1)c1ccc(C)cc1. The Kier molecular flexibility index (Phi) is 8.20. The number of carbonyl (C=O) groups excluding carboxylic acids is 2. The number of hydrogen-bond acceptors (Lipinski definition) is 4. The molecule has 6 heteroatoms. The zero-order valence-electron chi connectivity index (χ0n) is 18.7. The Morgan fingerprint density at radius 1 is 0.871 bits per heavy atom. The largest absolute Gasteiger partial charge is 0.379 e. The summed E-state index contributed by atoms with van der Waals surface area (Å²) in [6.45, 7) is 9.42. The molecule has 2 amide bonds. The zero-order valence-corrected chi connectivity index (χ0v) is 18.7. The normalized spacial score (nSPS) is 16.4. The number of benzene rings is 2. The van der Waals surface area contributed by atoms with Crippen LogP contribution in [0.5, 0.6) is 0 Å². The van der Waals surface area contributed by atoms with Crippen molar-refractivity contribution in [3.63, 3.8) is 0 Å². The highest BCUT2D eigenvalue weighted by atomic mass is 16.5. The van der Waals surface area contributed by atoms with E-state index in [1.807, 2.05) is 31.2 Å². The molecule has 2 atom stereocenters. The third-order valence-electron chi connectivity index (χ3n) is 5.61. The minimum atomic E-state index is -0.361. The van der Waals surface area contributed by atoms with Crippen molar-refractivity contribution < 1.29 is 14.3 Å².